The smallest absolute Gasteiger partial charge is 0.257 e. The second-order valence-corrected chi connectivity index (χ2v) is 5.82. The highest BCUT2D eigenvalue weighted by molar-refractivity contribution is 7.14. The van der Waals surface area contributed by atoms with Crippen molar-refractivity contribution in [2.45, 2.75) is 13.3 Å². The minimum absolute atomic E-state index is 0.0463. The third-order valence-corrected chi connectivity index (χ3v) is 3.86. The monoisotopic (exact) mass is 343 g/mol. The zero-order valence-electron chi connectivity index (χ0n) is 12.6. The van der Waals surface area contributed by atoms with Crippen LogP contribution in [0.5, 0.6) is 0 Å². The lowest BCUT2D eigenvalue weighted by molar-refractivity contribution is -0.117. The number of carbonyl (C=O) groups is 2. The molecule has 3 rings (SSSR count). The summed E-state index contributed by atoms with van der Waals surface area (Å²) in [5, 5.41) is 8.50. The number of aryl methyl sites for hydroxylation is 1. The fourth-order valence-corrected chi connectivity index (χ4v) is 2.68. The largest absolute Gasteiger partial charge is 0.369 e. The van der Waals surface area contributed by atoms with Gasteiger partial charge in [-0.15, -0.1) is 11.3 Å². The van der Waals surface area contributed by atoms with E-state index in [1.165, 1.54) is 11.3 Å². The van der Waals surface area contributed by atoms with Crippen LogP contribution in [0.4, 0.5) is 5.13 Å². The molecule has 3 N–H and O–H groups in total. The summed E-state index contributed by atoms with van der Waals surface area (Å²) < 4.78 is 5.07. The topological polar surface area (TPSA) is 124 Å². The number of primary amides is 1. The van der Waals surface area contributed by atoms with Crippen LogP contribution in [-0.4, -0.2) is 26.9 Å². The molecule has 0 atom stereocenters. The molecule has 0 saturated heterocycles. The highest BCUT2D eigenvalue weighted by Gasteiger charge is 2.12. The van der Waals surface area contributed by atoms with Crippen LogP contribution in [0.25, 0.3) is 11.5 Å². The van der Waals surface area contributed by atoms with Crippen molar-refractivity contribution in [1.82, 2.24) is 15.1 Å². The Morgan fingerprint density at radius 3 is 2.62 bits per heavy atom. The lowest BCUT2D eigenvalue weighted by atomic mass is 10.1. The quantitative estimate of drug-likeness (QED) is 0.727. The second-order valence-electron chi connectivity index (χ2n) is 4.97. The van der Waals surface area contributed by atoms with Gasteiger partial charge < -0.3 is 10.3 Å². The summed E-state index contributed by atoms with van der Waals surface area (Å²) in [6.45, 7) is 1.73. The number of anilines is 1. The number of hydrogen-bond donors (Lipinski definition) is 2. The molecule has 2 heterocycles. The van der Waals surface area contributed by atoms with E-state index < -0.39 is 5.91 Å². The molecule has 1 aromatic carbocycles. The third kappa shape index (κ3) is 3.63. The zero-order valence-corrected chi connectivity index (χ0v) is 13.5. The number of nitrogens with zero attached hydrogens (tertiary/aromatic N) is 3. The Labute approximate surface area is 140 Å². The van der Waals surface area contributed by atoms with Gasteiger partial charge in [0.25, 0.3) is 11.8 Å². The van der Waals surface area contributed by atoms with E-state index in [0.717, 1.165) is 5.56 Å². The van der Waals surface area contributed by atoms with Crippen molar-refractivity contribution in [2.24, 2.45) is 5.73 Å². The summed E-state index contributed by atoms with van der Waals surface area (Å²) in [5.41, 5.74) is 6.83. The van der Waals surface area contributed by atoms with Crippen molar-refractivity contribution in [3.8, 4) is 11.5 Å². The van der Waals surface area contributed by atoms with Gasteiger partial charge in [-0.1, -0.05) is 5.16 Å². The fourth-order valence-electron chi connectivity index (χ4n) is 1.97. The first kappa shape index (κ1) is 15.8. The minimum atomic E-state index is -0.468. The summed E-state index contributed by atoms with van der Waals surface area (Å²) >= 11 is 1.23. The van der Waals surface area contributed by atoms with Crippen molar-refractivity contribution in [3.63, 3.8) is 0 Å². The number of aromatic nitrogens is 3. The molecule has 0 aliphatic rings. The van der Waals surface area contributed by atoms with Crippen molar-refractivity contribution in [1.29, 1.82) is 0 Å². The Morgan fingerprint density at radius 2 is 2.00 bits per heavy atom. The maximum absolute atomic E-state index is 12.2. The zero-order chi connectivity index (χ0) is 17.1. The van der Waals surface area contributed by atoms with E-state index in [0.29, 0.717) is 28.1 Å². The predicted octanol–water partition coefficient (Wildman–Crippen LogP) is 1.78. The molecule has 9 heteroatoms. The van der Waals surface area contributed by atoms with E-state index in [9.17, 15) is 9.59 Å². The molecular formula is C15H13N5O3S. The lowest BCUT2D eigenvalue weighted by Gasteiger charge is -2.02. The van der Waals surface area contributed by atoms with Gasteiger partial charge in [-0.05, 0) is 31.2 Å². The Hall–Kier alpha value is -3.07. The van der Waals surface area contributed by atoms with Crippen molar-refractivity contribution < 1.29 is 14.1 Å². The van der Waals surface area contributed by atoms with Gasteiger partial charge in [-0.25, -0.2) is 4.98 Å². The molecule has 122 valence electrons. The lowest BCUT2D eigenvalue weighted by Crippen LogP contribution is -2.14. The maximum Gasteiger partial charge on any atom is 0.257 e. The summed E-state index contributed by atoms with van der Waals surface area (Å²) in [6, 6.07) is 6.76. The van der Waals surface area contributed by atoms with Crippen LogP contribution in [0.2, 0.25) is 0 Å². The highest BCUT2D eigenvalue weighted by Crippen LogP contribution is 2.20. The van der Waals surface area contributed by atoms with Gasteiger partial charge in [0.2, 0.25) is 5.91 Å². The van der Waals surface area contributed by atoms with E-state index in [1.807, 2.05) is 0 Å². The molecule has 0 aliphatic carbocycles. The first-order valence-electron chi connectivity index (χ1n) is 6.96. The van der Waals surface area contributed by atoms with Gasteiger partial charge in [0.15, 0.2) is 11.0 Å². The third-order valence-electron chi connectivity index (χ3n) is 3.05. The summed E-state index contributed by atoms with van der Waals surface area (Å²) in [4.78, 5) is 31.3. The van der Waals surface area contributed by atoms with Gasteiger partial charge >= 0.3 is 0 Å². The fraction of sp³-hybridized carbons (Fsp3) is 0.133. The molecule has 8 nitrogen and oxygen atoms in total. The number of hydrogen-bond acceptors (Lipinski definition) is 7. The molecule has 3 aromatic rings. The Kier molecular flexibility index (Phi) is 4.34. The normalized spacial score (nSPS) is 10.5. The highest BCUT2D eigenvalue weighted by atomic mass is 32.1. The van der Waals surface area contributed by atoms with Crippen LogP contribution < -0.4 is 11.1 Å². The summed E-state index contributed by atoms with van der Waals surface area (Å²) in [5.74, 6) is 0.172. The van der Waals surface area contributed by atoms with E-state index in [2.05, 4.69) is 20.4 Å². The Morgan fingerprint density at radius 1 is 1.25 bits per heavy atom. The SMILES string of the molecule is Cc1noc(-c2ccc(C(=O)Nc3nc(CC(N)=O)cs3)cc2)n1. The second kappa shape index (κ2) is 6.59. The average Bonchev–Trinajstić information content (AvgIpc) is 3.16. The molecule has 0 unspecified atom stereocenters. The molecule has 0 aliphatic heterocycles. The number of nitrogens with two attached hydrogens (primary N) is 1. The summed E-state index contributed by atoms with van der Waals surface area (Å²) in [6.07, 6.45) is 0.0463. The first-order valence-corrected chi connectivity index (χ1v) is 7.84. The molecule has 0 saturated carbocycles. The molecule has 0 spiro atoms. The number of rotatable bonds is 5. The van der Waals surface area contributed by atoms with Crippen molar-refractivity contribution in [3.05, 3.63) is 46.7 Å². The van der Waals surface area contributed by atoms with Gasteiger partial charge in [0.1, 0.15) is 0 Å². The van der Waals surface area contributed by atoms with Crippen LogP contribution in [0.15, 0.2) is 34.2 Å². The molecule has 0 bridgehead atoms. The number of amides is 2. The Balaban J connectivity index is 1.69. The van der Waals surface area contributed by atoms with Gasteiger partial charge in [0, 0.05) is 16.5 Å². The summed E-state index contributed by atoms with van der Waals surface area (Å²) in [7, 11) is 0. The number of carbonyl (C=O) groups excluding carboxylic acids is 2. The molecule has 24 heavy (non-hydrogen) atoms. The van der Waals surface area contributed by atoms with Crippen LogP contribution in [0, 0.1) is 6.92 Å². The average molecular weight is 343 g/mol. The molecule has 0 radical (unpaired) electrons. The maximum atomic E-state index is 12.2. The Bertz CT molecular complexity index is 885. The van der Waals surface area contributed by atoms with Crippen LogP contribution in [0.1, 0.15) is 21.9 Å². The van der Waals surface area contributed by atoms with E-state index >= 15 is 0 Å². The predicted molar refractivity (Wildman–Crippen MR) is 87.4 cm³/mol. The standard InChI is InChI=1S/C15H13N5O3S/c1-8-17-14(23-20-8)10-4-2-9(3-5-10)13(22)19-15-18-11(7-24-15)6-12(16)21/h2-5,7H,6H2,1H3,(H2,16,21)(H,18,19,22). The van der Waals surface area contributed by atoms with Crippen molar-refractivity contribution in [2.75, 3.05) is 5.32 Å². The van der Waals surface area contributed by atoms with Gasteiger partial charge in [-0.2, -0.15) is 4.98 Å². The first-order chi connectivity index (χ1) is 11.5. The van der Waals surface area contributed by atoms with Gasteiger partial charge in [-0.3, -0.25) is 14.9 Å². The van der Waals surface area contributed by atoms with Crippen molar-refractivity contribution >= 4 is 28.3 Å². The van der Waals surface area contributed by atoms with Crippen LogP contribution >= 0.6 is 11.3 Å². The van der Waals surface area contributed by atoms with Gasteiger partial charge in [0.05, 0.1) is 12.1 Å². The molecular weight excluding hydrogens is 330 g/mol. The number of benzene rings is 1. The molecule has 0 fully saturated rings. The van der Waals surface area contributed by atoms with E-state index in [-0.39, 0.29) is 12.3 Å². The number of thiazole rings is 1. The molecule has 2 aromatic heterocycles. The molecule has 2 amide bonds. The minimum Gasteiger partial charge on any atom is -0.369 e. The van der Waals surface area contributed by atoms with Crippen LogP contribution in [-0.2, 0) is 11.2 Å². The van der Waals surface area contributed by atoms with E-state index in [1.54, 1.807) is 36.6 Å². The van der Waals surface area contributed by atoms with Crippen LogP contribution in [0.3, 0.4) is 0 Å². The number of nitrogens with one attached hydrogen (secondary N) is 1. The van der Waals surface area contributed by atoms with E-state index in [4.69, 9.17) is 10.3 Å².